The Bertz CT molecular complexity index is 607. The summed E-state index contributed by atoms with van der Waals surface area (Å²) < 4.78 is 12.3. The Labute approximate surface area is 133 Å². The summed E-state index contributed by atoms with van der Waals surface area (Å²) in [6.45, 7) is 15.6. The van der Waals surface area contributed by atoms with Gasteiger partial charge in [-0.05, 0) is 64.7 Å². The van der Waals surface area contributed by atoms with E-state index in [1.54, 1.807) is 0 Å². The van der Waals surface area contributed by atoms with Crippen molar-refractivity contribution >= 4 is 24.2 Å². The molecule has 4 nitrogen and oxygen atoms in total. The number of rotatable bonds is 3. The van der Waals surface area contributed by atoms with Gasteiger partial charge in [0.15, 0.2) is 0 Å². The van der Waals surface area contributed by atoms with E-state index in [4.69, 9.17) is 9.31 Å². The number of nitrogens with one attached hydrogen (secondary N) is 1. The fourth-order valence-corrected chi connectivity index (χ4v) is 2.51. The third-order valence-electron chi connectivity index (χ3n) is 4.67. The maximum atomic E-state index is 11.6. The lowest BCUT2D eigenvalue weighted by molar-refractivity contribution is -0.111. The summed E-state index contributed by atoms with van der Waals surface area (Å²) in [7, 11) is -0.439. The number of amides is 1. The van der Waals surface area contributed by atoms with Crippen molar-refractivity contribution in [3.05, 3.63) is 35.9 Å². The zero-order chi connectivity index (χ0) is 16.7. The average Bonchev–Trinajstić information content (AvgIpc) is 2.61. The maximum Gasteiger partial charge on any atom is 0.495 e. The molecule has 1 aliphatic heterocycles. The first kappa shape index (κ1) is 16.8. The molecule has 1 fully saturated rings. The Kier molecular flexibility index (Phi) is 4.24. The standard InChI is InChI=1S/C17H24BNO3/c1-8-14(20)19-13-10-9-11(2)15(12(13)3)18-21-16(4,5)17(6,7)22-18/h8-10H,1H2,2-7H3,(H,19,20). The maximum absolute atomic E-state index is 11.6. The summed E-state index contributed by atoms with van der Waals surface area (Å²) >= 11 is 0. The minimum Gasteiger partial charge on any atom is -0.399 e. The molecule has 2 rings (SSSR count). The molecule has 1 N–H and O–H groups in total. The van der Waals surface area contributed by atoms with Crippen molar-refractivity contribution in [3.63, 3.8) is 0 Å². The van der Waals surface area contributed by atoms with Crippen molar-refractivity contribution in [2.24, 2.45) is 0 Å². The van der Waals surface area contributed by atoms with Crippen LogP contribution in [0.15, 0.2) is 24.8 Å². The highest BCUT2D eigenvalue weighted by Crippen LogP contribution is 2.37. The molecular weight excluding hydrogens is 277 g/mol. The first-order valence-electron chi connectivity index (χ1n) is 7.48. The van der Waals surface area contributed by atoms with Crippen molar-refractivity contribution in [3.8, 4) is 0 Å². The summed E-state index contributed by atoms with van der Waals surface area (Å²) in [6, 6.07) is 3.85. The second kappa shape index (κ2) is 5.56. The van der Waals surface area contributed by atoms with Crippen molar-refractivity contribution in [2.75, 3.05) is 5.32 Å². The molecule has 0 bridgehead atoms. The van der Waals surface area contributed by atoms with Gasteiger partial charge < -0.3 is 14.6 Å². The lowest BCUT2D eigenvalue weighted by atomic mass is 9.73. The normalized spacial score (nSPS) is 19.1. The fourth-order valence-electron chi connectivity index (χ4n) is 2.51. The van der Waals surface area contributed by atoms with Gasteiger partial charge in [-0.15, -0.1) is 0 Å². The SMILES string of the molecule is C=CC(=O)Nc1ccc(C)c(B2OC(C)(C)C(C)(C)O2)c1C. The molecule has 0 saturated carbocycles. The number of benzene rings is 1. The molecule has 0 aromatic heterocycles. The van der Waals surface area contributed by atoms with Crippen LogP contribution in [0, 0.1) is 13.8 Å². The van der Waals surface area contributed by atoms with Crippen molar-refractivity contribution in [1.82, 2.24) is 0 Å². The van der Waals surface area contributed by atoms with Gasteiger partial charge in [-0.3, -0.25) is 4.79 Å². The van der Waals surface area contributed by atoms with Gasteiger partial charge in [0.1, 0.15) is 0 Å². The van der Waals surface area contributed by atoms with Crippen LogP contribution in [-0.4, -0.2) is 24.2 Å². The molecule has 0 unspecified atom stereocenters. The molecule has 0 atom stereocenters. The predicted molar refractivity (Wildman–Crippen MR) is 90.5 cm³/mol. The van der Waals surface area contributed by atoms with Crippen LogP contribution in [0.3, 0.4) is 0 Å². The smallest absolute Gasteiger partial charge is 0.399 e. The lowest BCUT2D eigenvalue weighted by Crippen LogP contribution is -2.41. The predicted octanol–water partition coefficient (Wildman–Crippen LogP) is 2.73. The summed E-state index contributed by atoms with van der Waals surface area (Å²) in [5.41, 5.74) is 2.97. The van der Waals surface area contributed by atoms with E-state index in [9.17, 15) is 4.79 Å². The molecule has 5 heteroatoms. The van der Waals surface area contributed by atoms with E-state index in [2.05, 4.69) is 11.9 Å². The summed E-state index contributed by atoms with van der Waals surface area (Å²) in [5, 5.41) is 2.82. The minimum atomic E-state index is -0.439. The first-order chi connectivity index (χ1) is 10.1. The zero-order valence-corrected chi connectivity index (χ0v) is 14.2. The molecule has 1 aliphatic rings. The van der Waals surface area contributed by atoms with Crippen LogP contribution in [0.25, 0.3) is 0 Å². The van der Waals surface area contributed by atoms with E-state index >= 15 is 0 Å². The van der Waals surface area contributed by atoms with E-state index in [1.807, 2.05) is 53.7 Å². The molecule has 0 radical (unpaired) electrons. The highest BCUT2D eigenvalue weighted by atomic mass is 16.7. The molecule has 118 valence electrons. The van der Waals surface area contributed by atoms with Crippen LogP contribution in [0.4, 0.5) is 5.69 Å². The van der Waals surface area contributed by atoms with Crippen molar-refractivity contribution in [2.45, 2.75) is 52.7 Å². The number of carbonyl (C=O) groups is 1. The molecule has 0 spiro atoms. The van der Waals surface area contributed by atoms with Crippen LogP contribution in [0.5, 0.6) is 0 Å². The van der Waals surface area contributed by atoms with E-state index in [0.717, 1.165) is 22.3 Å². The van der Waals surface area contributed by atoms with Gasteiger partial charge in [-0.25, -0.2) is 0 Å². The fraction of sp³-hybridized carbons (Fsp3) is 0.471. The van der Waals surface area contributed by atoms with Gasteiger partial charge in [-0.1, -0.05) is 18.2 Å². The zero-order valence-electron chi connectivity index (χ0n) is 14.2. The molecule has 1 amide bonds. The number of anilines is 1. The van der Waals surface area contributed by atoms with Crippen LogP contribution in [0.2, 0.25) is 0 Å². The Balaban J connectivity index is 2.42. The third kappa shape index (κ3) is 2.83. The van der Waals surface area contributed by atoms with Crippen LogP contribution in [0.1, 0.15) is 38.8 Å². The number of hydrogen-bond donors (Lipinski definition) is 1. The number of aryl methyl sites for hydroxylation is 1. The summed E-state index contributed by atoms with van der Waals surface area (Å²) in [6.07, 6.45) is 1.26. The second-order valence-corrected chi connectivity index (χ2v) is 6.75. The Hall–Kier alpha value is -1.59. The molecular formula is C17H24BNO3. The van der Waals surface area contributed by atoms with Gasteiger partial charge in [0.2, 0.25) is 5.91 Å². The van der Waals surface area contributed by atoms with Crippen LogP contribution < -0.4 is 10.8 Å². The van der Waals surface area contributed by atoms with Gasteiger partial charge >= 0.3 is 7.12 Å². The van der Waals surface area contributed by atoms with E-state index in [1.165, 1.54) is 6.08 Å². The Morgan fingerprint density at radius 2 is 1.73 bits per heavy atom. The number of carbonyl (C=O) groups excluding carboxylic acids is 1. The van der Waals surface area contributed by atoms with Gasteiger partial charge in [0, 0.05) is 5.69 Å². The molecule has 0 aliphatic carbocycles. The first-order valence-corrected chi connectivity index (χ1v) is 7.48. The Morgan fingerprint density at radius 3 is 2.23 bits per heavy atom. The van der Waals surface area contributed by atoms with Crippen LogP contribution >= 0.6 is 0 Å². The van der Waals surface area contributed by atoms with Gasteiger partial charge in [-0.2, -0.15) is 0 Å². The van der Waals surface area contributed by atoms with Crippen molar-refractivity contribution in [1.29, 1.82) is 0 Å². The monoisotopic (exact) mass is 301 g/mol. The molecule has 22 heavy (non-hydrogen) atoms. The molecule has 1 aromatic carbocycles. The third-order valence-corrected chi connectivity index (χ3v) is 4.67. The van der Waals surface area contributed by atoms with E-state index in [-0.39, 0.29) is 5.91 Å². The second-order valence-electron chi connectivity index (χ2n) is 6.75. The van der Waals surface area contributed by atoms with Crippen molar-refractivity contribution < 1.29 is 14.1 Å². The lowest BCUT2D eigenvalue weighted by Gasteiger charge is -2.32. The summed E-state index contributed by atoms with van der Waals surface area (Å²) in [5.74, 6) is -0.230. The topological polar surface area (TPSA) is 47.6 Å². The quantitative estimate of drug-likeness (QED) is 0.690. The van der Waals surface area contributed by atoms with Gasteiger partial charge in [0.25, 0.3) is 0 Å². The van der Waals surface area contributed by atoms with Gasteiger partial charge in [0.05, 0.1) is 11.2 Å². The largest absolute Gasteiger partial charge is 0.495 e. The number of hydrogen-bond acceptors (Lipinski definition) is 3. The molecule has 1 saturated heterocycles. The molecule has 1 aromatic rings. The highest BCUT2D eigenvalue weighted by Gasteiger charge is 2.52. The molecule has 1 heterocycles. The van der Waals surface area contributed by atoms with Crippen LogP contribution in [-0.2, 0) is 14.1 Å². The van der Waals surface area contributed by atoms with E-state index in [0.29, 0.717) is 0 Å². The average molecular weight is 301 g/mol. The minimum absolute atomic E-state index is 0.230. The summed E-state index contributed by atoms with van der Waals surface area (Å²) in [4.78, 5) is 11.6. The highest BCUT2D eigenvalue weighted by molar-refractivity contribution is 6.63. The Morgan fingerprint density at radius 1 is 1.18 bits per heavy atom. The van der Waals surface area contributed by atoms with E-state index < -0.39 is 18.3 Å².